The quantitative estimate of drug-likeness (QED) is 0.459. The molecule has 25 heavy (non-hydrogen) atoms. The molecule has 0 saturated heterocycles. The van der Waals surface area contributed by atoms with Gasteiger partial charge in [-0.15, -0.1) is 0 Å². The van der Waals surface area contributed by atoms with E-state index in [-0.39, 0.29) is 24.3 Å². The Balaban J connectivity index is 1.83. The zero-order valence-electron chi connectivity index (χ0n) is 15.3. The monoisotopic (exact) mass is 354 g/mol. The van der Waals surface area contributed by atoms with Gasteiger partial charge in [-0.25, -0.2) is 4.79 Å². The first-order valence-electron chi connectivity index (χ1n) is 9.93. The number of aromatic nitrogens is 2. The van der Waals surface area contributed by atoms with Gasteiger partial charge in [-0.1, -0.05) is 38.5 Å². The summed E-state index contributed by atoms with van der Waals surface area (Å²) in [5.41, 5.74) is 0.367. The molecule has 1 atom stereocenters. The van der Waals surface area contributed by atoms with Gasteiger partial charge in [0.2, 0.25) is 5.88 Å². The van der Waals surface area contributed by atoms with Crippen LogP contribution in [0.3, 0.4) is 0 Å². The van der Waals surface area contributed by atoms with Crippen molar-refractivity contribution in [2.75, 3.05) is 6.61 Å². The Kier molecular flexibility index (Phi) is 8.55. The van der Waals surface area contributed by atoms with Crippen LogP contribution >= 0.6 is 0 Å². The summed E-state index contributed by atoms with van der Waals surface area (Å²) in [5.74, 6) is 0.319. The largest absolute Gasteiger partial charge is 0.493 e. The van der Waals surface area contributed by atoms with E-state index in [0.717, 1.165) is 44.9 Å². The van der Waals surface area contributed by atoms with Crippen molar-refractivity contribution in [1.29, 1.82) is 0 Å². The maximum absolute atomic E-state index is 12.1. The van der Waals surface area contributed by atoms with Crippen LogP contribution in [0.4, 0.5) is 0 Å². The molecule has 144 valence electrons. The molecule has 1 fully saturated rings. The fourth-order valence-corrected chi connectivity index (χ4v) is 3.93. The second-order valence-electron chi connectivity index (χ2n) is 7.37. The van der Waals surface area contributed by atoms with Gasteiger partial charge in [0.05, 0.1) is 11.8 Å². The van der Waals surface area contributed by atoms with Crippen LogP contribution in [-0.4, -0.2) is 37.6 Å². The molecule has 2 rings (SSSR count). The Hall–Kier alpha value is -1.27. The molecule has 1 aliphatic carbocycles. The van der Waals surface area contributed by atoms with E-state index >= 15 is 0 Å². The van der Waals surface area contributed by atoms with Crippen molar-refractivity contribution in [2.24, 2.45) is 5.92 Å². The van der Waals surface area contributed by atoms with Crippen LogP contribution in [0.15, 0.2) is 4.79 Å². The predicted octanol–water partition coefficient (Wildman–Crippen LogP) is 2.70. The Morgan fingerprint density at radius 2 is 1.76 bits per heavy atom. The highest BCUT2D eigenvalue weighted by Gasteiger charge is 2.22. The molecule has 0 amide bonds. The molecule has 4 N–H and O–H groups in total. The highest BCUT2D eigenvalue weighted by molar-refractivity contribution is 5.18. The zero-order chi connectivity index (χ0) is 18.1. The number of hydrogen-bond donors (Lipinski definition) is 4. The SMILES string of the molecule is O=c1[nH]c(O)c(CCCCCCCO)n1CCC(O)C1CCCCC1. The van der Waals surface area contributed by atoms with E-state index in [4.69, 9.17) is 5.11 Å². The number of aromatic hydroxyl groups is 1. The number of aliphatic hydroxyl groups is 2. The molecule has 0 spiro atoms. The van der Waals surface area contributed by atoms with Crippen LogP contribution in [0.2, 0.25) is 0 Å². The van der Waals surface area contributed by atoms with Crippen molar-refractivity contribution >= 4 is 0 Å². The zero-order valence-corrected chi connectivity index (χ0v) is 15.3. The van der Waals surface area contributed by atoms with Crippen molar-refractivity contribution in [3.05, 3.63) is 16.2 Å². The van der Waals surface area contributed by atoms with Gasteiger partial charge in [0.25, 0.3) is 0 Å². The fourth-order valence-electron chi connectivity index (χ4n) is 3.93. The summed E-state index contributed by atoms with van der Waals surface area (Å²) in [4.78, 5) is 14.6. The second-order valence-corrected chi connectivity index (χ2v) is 7.37. The molecule has 0 aliphatic heterocycles. The third-order valence-corrected chi connectivity index (χ3v) is 5.48. The highest BCUT2D eigenvalue weighted by Crippen LogP contribution is 2.28. The minimum absolute atomic E-state index is 0.0347. The highest BCUT2D eigenvalue weighted by atomic mass is 16.3. The topological polar surface area (TPSA) is 98.5 Å². The number of aliphatic hydroxyl groups excluding tert-OH is 2. The summed E-state index contributed by atoms with van der Waals surface area (Å²) in [6, 6.07) is 0. The van der Waals surface area contributed by atoms with Gasteiger partial charge in [-0.3, -0.25) is 9.55 Å². The van der Waals surface area contributed by atoms with Gasteiger partial charge in [-0.2, -0.15) is 0 Å². The smallest absolute Gasteiger partial charge is 0.328 e. The number of unbranched alkanes of at least 4 members (excludes halogenated alkanes) is 4. The summed E-state index contributed by atoms with van der Waals surface area (Å²) in [6.45, 7) is 0.689. The van der Waals surface area contributed by atoms with E-state index in [2.05, 4.69) is 4.98 Å². The van der Waals surface area contributed by atoms with Crippen molar-refractivity contribution in [3.63, 3.8) is 0 Å². The van der Waals surface area contributed by atoms with Crippen LogP contribution in [0, 0.1) is 5.92 Å². The molecule has 0 radical (unpaired) electrons. The minimum Gasteiger partial charge on any atom is -0.493 e. The molecule has 1 saturated carbocycles. The summed E-state index contributed by atoms with van der Waals surface area (Å²) in [5, 5.41) is 29.2. The van der Waals surface area contributed by atoms with Crippen molar-refractivity contribution in [1.82, 2.24) is 9.55 Å². The standard InChI is InChI=1S/C19H34N2O4/c22-14-8-3-1-2-7-11-16-18(24)20-19(25)21(16)13-12-17(23)15-9-5-4-6-10-15/h15,17,22-24H,1-14H2,(H,20,25). The van der Waals surface area contributed by atoms with Gasteiger partial charge >= 0.3 is 5.69 Å². The van der Waals surface area contributed by atoms with Crippen LogP contribution in [0.5, 0.6) is 5.88 Å². The third-order valence-electron chi connectivity index (χ3n) is 5.48. The summed E-state index contributed by atoms with van der Waals surface area (Å²) in [7, 11) is 0. The van der Waals surface area contributed by atoms with E-state index in [0.29, 0.717) is 31.0 Å². The average molecular weight is 354 g/mol. The molecule has 6 nitrogen and oxygen atoms in total. The first-order chi connectivity index (χ1) is 12.1. The van der Waals surface area contributed by atoms with Gasteiger partial charge in [0.1, 0.15) is 0 Å². The summed E-state index contributed by atoms with van der Waals surface area (Å²) in [6.07, 6.45) is 11.5. The Morgan fingerprint density at radius 1 is 1.08 bits per heavy atom. The predicted molar refractivity (Wildman–Crippen MR) is 97.8 cm³/mol. The molecule has 1 aromatic rings. The Bertz CT molecular complexity index is 546. The lowest BCUT2D eigenvalue weighted by molar-refractivity contribution is 0.0729. The van der Waals surface area contributed by atoms with Crippen LogP contribution in [0.1, 0.15) is 76.3 Å². The van der Waals surface area contributed by atoms with Crippen molar-refractivity contribution in [3.8, 4) is 5.88 Å². The number of H-pyrrole nitrogens is 1. The van der Waals surface area contributed by atoms with Gasteiger partial charge in [0.15, 0.2) is 0 Å². The third kappa shape index (κ3) is 6.19. The molecule has 6 heteroatoms. The van der Waals surface area contributed by atoms with Crippen LogP contribution in [0.25, 0.3) is 0 Å². The maximum atomic E-state index is 12.1. The van der Waals surface area contributed by atoms with Crippen LogP contribution < -0.4 is 5.69 Å². The Labute approximate surface area is 149 Å². The van der Waals surface area contributed by atoms with Gasteiger partial charge in [0, 0.05) is 13.2 Å². The lowest BCUT2D eigenvalue weighted by Gasteiger charge is -2.26. The number of nitrogens with zero attached hydrogens (tertiary/aromatic N) is 1. The van der Waals surface area contributed by atoms with Crippen LogP contribution in [-0.2, 0) is 13.0 Å². The molecule has 1 heterocycles. The van der Waals surface area contributed by atoms with Gasteiger partial charge < -0.3 is 15.3 Å². The number of hydrogen-bond acceptors (Lipinski definition) is 4. The lowest BCUT2D eigenvalue weighted by atomic mass is 9.84. The van der Waals surface area contributed by atoms with Gasteiger partial charge in [-0.05, 0) is 44.4 Å². The molecular weight excluding hydrogens is 320 g/mol. The van der Waals surface area contributed by atoms with E-state index in [1.165, 1.54) is 19.3 Å². The second kappa shape index (κ2) is 10.7. The van der Waals surface area contributed by atoms with E-state index in [1.54, 1.807) is 4.57 Å². The first kappa shape index (κ1) is 20.0. The van der Waals surface area contributed by atoms with E-state index < -0.39 is 0 Å². The van der Waals surface area contributed by atoms with Crippen molar-refractivity contribution in [2.45, 2.75) is 89.7 Å². The molecule has 1 unspecified atom stereocenters. The van der Waals surface area contributed by atoms with E-state index in [9.17, 15) is 15.0 Å². The van der Waals surface area contributed by atoms with E-state index in [1.807, 2.05) is 0 Å². The molecule has 0 bridgehead atoms. The number of imidazole rings is 1. The average Bonchev–Trinajstić information content (AvgIpc) is 2.89. The maximum Gasteiger partial charge on any atom is 0.328 e. The lowest BCUT2D eigenvalue weighted by Crippen LogP contribution is -2.27. The Morgan fingerprint density at radius 3 is 2.48 bits per heavy atom. The minimum atomic E-state index is -0.365. The normalized spacial score (nSPS) is 17.0. The molecule has 1 aromatic heterocycles. The molecule has 0 aromatic carbocycles. The first-order valence-corrected chi connectivity index (χ1v) is 9.93. The van der Waals surface area contributed by atoms with Crippen molar-refractivity contribution < 1.29 is 15.3 Å². The summed E-state index contributed by atoms with van der Waals surface area (Å²) >= 11 is 0. The fraction of sp³-hybridized carbons (Fsp3) is 0.842. The number of aromatic amines is 1. The molecular formula is C19H34N2O4. The number of nitrogens with one attached hydrogen (secondary N) is 1. The summed E-state index contributed by atoms with van der Waals surface area (Å²) < 4.78 is 1.59. The number of rotatable bonds is 11. The molecule has 1 aliphatic rings.